The van der Waals surface area contributed by atoms with Crippen molar-refractivity contribution in [3.05, 3.63) is 30.4 Å². The smallest absolute Gasteiger partial charge is 0.146 e. The highest BCUT2D eigenvalue weighted by molar-refractivity contribution is 4.95. The first-order chi connectivity index (χ1) is 6.81. The molecule has 2 aromatic heterocycles. The molecule has 0 aliphatic heterocycles. The summed E-state index contributed by atoms with van der Waals surface area (Å²) < 4.78 is 3.53. The lowest BCUT2D eigenvalue weighted by molar-refractivity contribution is 0.265. The van der Waals surface area contributed by atoms with E-state index in [0.717, 1.165) is 5.82 Å². The molecule has 0 aromatic carbocycles. The molecule has 2 heterocycles. The van der Waals surface area contributed by atoms with Crippen LogP contribution in [0.25, 0.3) is 0 Å². The van der Waals surface area contributed by atoms with Gasteiger partial charge in [-0.25, -0.2) is 9.97 Å². The SMILES string of the molecule is Cn1ncnc1Cn1ccnc1CO. The zero-order chi connectivity index (χ0) is 9.97. The Morgan fingerprint density at radius 3 is 2.86 bits per heavy atom. The molecule has 0 radical (unpaired) electrons. The lowest BCUT2D eigenvalue weighted by Crippen LogP contribution is -2.09. The zero-order valence-corrected chi connectivity index (χ0v) is 7.83. The number of rotatable bonds is 3. The Balaban J connectivity index is 2.22. The van der Waals surface area contributed by atoms with Crippen LogP contribution >= 0.6 is 0 Å². The maximum atomic E-state index is 8.98. The van der Waals surface area contributed by atoms with Gasteiger partial charge in [0.1, 0.15) is 24.6 Å². The number of hydrogen-bond acceptors (Lipinski definition) is 4. The Morgan fingerprint density at radius 1 is 1.36 bits per heavy atom. The molecule has 6 heteroatoms. The maximum absolute atomic E-state index is 8.98. The molecule has 0 spiro atoms. The summed E-state index contributed by atoms with van der Waals surface area (Å²) in [6, 6.07) is 0. The summed E-state index contributed by atoms with van der Waals surface area (Å²) in [5.74, 6) is 1.46. The van der Waals surface area contributed by atoms with Gasteiger partial charge in [0, 0.05) is 19.4 Å². The van der Waals surface area contributed by atoms with Crippen LogP contribution < -0.4 is 0 Å². The van der Waals surface area contributed by atoms with Crippen molar-refractivity contribution in [1.29, 1.82) is 0 Å². The molecular formula is C8H11N5O. The van der Waals surface area contributed by atoms with E-state index in [-0.39, 0.29) is 6.61 Å². The summed E-state index contributed by atoms with van der Waals surface area (Å²) in [6.07, 6.45) is 4.97. The van der Waals surface area contributed by atoms with Gasteiger partial charge in [-0.1, -0.05) is 0 Å². The molecule has 74 valence electrons. The number of aliphatic hydroxyl groups is 1. The Hall–Kier alpha value is -1.69. The predicted molar refractivity (Wildman–Crippen MR) is 48.3 cm³/mol. The van der Waals surface area contributed by atoms with Crippen molar-refractivity contribution in [2.24, 2.45) is 7.05 Å². The van der Waals surface area contributed by atoms with Crippen molar-refractivity contribution in [3.63, 3.8) is 0 Å². The minimum absolute atomic E-state index is 0.0646. The highest BCUT2D eigenvalue weighted by atomic mass is 16.3. The molecule has 6 nitrogen and oxygen atoms in total. The van der Waals surface area contributed by atoms with Crippen molar-refractivity contribution in [3.8, 4) is 0 Å². The zero-order valence-electron chi connectivity index (χ0n) is 7.83. The predicted octanol–water partition coefficient (Wildman–Crippen LogP) is -0.448. The molecule has 0 atom stereocenters. The molecule has 0 amide bonds. The van der Waals surface area contributed by atoms with Crippen molar-refractivity contribution in [2.45, 2.75) is 13.2 Å². The first-order valence-corrected chi connectivity index (χ1v) is 4.25. The molecular weight excluding hydrogens is 182 g/mol. The van der Waals surface area contributed by atoms with Gasteiger partial charge in [-0.2, -0.15) is 5.10 Å². The van der Waals surface area contributed by atoms with E-state index in [2.05, 4.69) is 15.1 Å². The standard InChI is InChI=1S/C8H11N5O/c1-12-7(10-6-11-12)4-13-3-2-9-8(13)5-14/h2-3,6,14H,4-5H2,1H3. The van der Waals surface area contributed by atoms with Crippen LogP contribution in [0.1, 0.15) is 11.6 Å². The third-order valence-electron chi connectivity index (χ3n) is 2.06. The number of nitrogens with zero attached hydrogens (tertiary/aromatic N) is 5. The van der Waals surface area contributed by atoms with E-state index >= 15 is 0 Å². The molecule has 2 rings (SSSR count). The topological polar surface area (TPSA) is 68.8 Å². The number of hydrogen-bond donors (Lipinski definition) is 1. The molecule has 0 aliphatic carbocycles. The Labute approximate surface area is 80.8 Å². The third-order valence-corrected chi connectivity index (χ3v) is 2.06. The summed E-state index contributed by atoms with van der Waals surface area (Å²) in [7, 11) is 1.83. The monoisotopic (exact) mass is 193 g/mol. The van der Waals surface area contributed by atoms with Crippen LogP contribution in [0.5, 0.6) is 0 Å². The van der Waals surface area contributed by atoms with Crippen LogP contribution in [0.4, 0.5) is 0 Å². The highest BCUT2D eigenvalue weighted by Gasteiger charge is 2.05. The van der Waals surface area contributed by atoms with Gasteiger partial charge in [0.05, 0.1) is 6.54 Å². The van der Waals surface area contributed by atoms with Gasteiger partial charge in [-0.3, -0.25) is 4.68 Å². The number of aliphatic hydroxyl groups excluding tert-OH is 1. The van der Waals surface area contributed by atoms with Crippen LogP contribution in [0.15, 0.2) is 18.7 Å². The summed E-state index contributed by atoms with van der Waals surface area (Å²) in [5.41, 5.74) is 0. The summed E-state index contributed by atoms with van der Waals surface area (Å²) >= 11 is 0. The van der Waals surface area contributed by atoms with Gasteiger partial charge in [-0.05, 0) is 0 Å². The molecule has 0 saturated heterocycles. The van der Waals surface area contributed by atoms with Crippen molar-refractivity contribution in [1.82, 2.24) is 24.3 Å². The van der Waals surface area contributed by atoms with Gasteiger partial charge >= 0.3 is 0 Å². The van der Waals surface area contributed by atoms with Crippen LogP contribution in [0.2, 0.25) is 0 Å². The van der Waals surface area contributed by atoms with E-state index in [4.69, 9.17) is 5.11 Å². The summed E-state index contributed by atoms with van der Waals surface area (Å²) in [6.45, 7) is 0.511. The largest absolute Gasteiger partial charge is 0.388 e. The van der Waals surface area contributed by atoms with Crippen LogP contribution in [-0.2, 0) is 20.2 Å². The minimum atomic E-state index is -0.0646. The third kappa shape index (κ3) is 1.51. The van der Waals surface area contributed by atoms with E-state index in [1.54, 1.807) is 17.1 Å². The fourth-order valence-electron chi connectivity index (χ4n) is 1.25. The second kappa shape index (κ2) is 3.59. The first-order valence-electron chi connectivity index (χ1n) is 4.25. The molecule has 0 unspecified atom stereocenters. The van der Waals surface area contributed by atoms with E-state index in [9.17, 15) is 0 Å². The summed E-state index contributed by atoms with van der Waals surface area (Å²) in [4.78, 5) is 8.09. The van der Waals surface area contributed by atoms with Gasteiger partial charge in [0.15, 0.2) is 0 Å². The molecule has 0 aliphatic rings. The maximum Gasteiger partial charge on any atom is 0.146 e. The van der Waals surface area contributed by atoms with Crippen LogP contribution in [0.3, 0.4) is 0 Å². The van der Waals surface area contributed by atoms with Crippen LogP contribution in [0, 0.1) is 0 Å². The molecule has 14 heavy (non-hydrogen) atoms. The van der Waals surface area contributed by atoms with E-state index < -0.39 is 0 Å². The fourth-order valence-corrected chi connectivity index (χ4v) is 1.25. The van der Waals surface area contributed by atoms with Crippen LogP contribution in [-0.4, -0.2) is 29.4 Å². The number of aryl methyl sites for hydroxylation is 1. The van der Waals surface area contributed by atoms with E-state index in [1.165, 1.54) is 6.33 Å². The first kappa shape index (κ1) is 8.89. The van der Waals surface area contributed by atoms with Gasteiger partial charge in [-0.15, -0.1) is 0 Å². The highest BCUT2D eigenvalue weighted by Crippen LogP contribution is 2.01. The van der Waals surface area contributed by atoms with E-state index in [0.29, 0.717) is 12.4 Å². The fraction of sp³-hybridized carbons (Fsp3) is 0.375. The van der Waals surface area contributed by atoms with Gasteiger partial charge in [0.25, 0.3) is 0 Å². The van der Waals surface area contributed by atoms with Crippen molar-refractivity contribution in [2.75, 3.05) is 0 Å². The second-order valence-corrected chi connectivity index (χ2v) is 2.93. The van der Waals surface area contributed by atoms with Gasteiger partial charge in [0.2, 0.25) is 0 Å². The molecule has 0 fully saturated rings. The molecule has 0 bridgehead atoms. The molecule has 2 aromatic rings. The van der Waals surface area contributed by atoms with Crippen molar-refractivity contribution < 1.29 is 5.11 Å². The van der Waals surface area contributed by atoms with Crippen molar-refractivity contribution >= 4 is 0 Å². The number of imidazole rings is 1. The van der Waals surface area contributed by atoms with E-state index in [1.807, 2.05) is 11.6 Å². The molecule has 0 saturated carbocycles. The normalized spacial score (nSPS) is 10.7. The Bertz CT molecular complexity index is 419. The molecule has 1 N–H and O–H groups in total. The average molecular weight is 193 g/mol. The number of aromatic nitrogens is 5. The average Bonchev–Trinajstić information content (AvgIpc) is 2.77. The minimum Gasteiger partial charge on any atom is -0.388 e. The lowest BCUT2D eigenvalue weighted by Gasteiger charge is -2.04. The Morgan fingerprint density at radius 2 is 2.21 bits per heavy atom. The lowest BCUT2D eigenvalue weighted by atomic mass is 10.5. The Kier molecular flexibility index (Phi) is 2.28. The summed E-state index contributed by atoms with van der Waals surface area (Å²) in [5, 5.41) is 12.9. The second-order valence-electron chi connectivity index (χ2n) is 2.93. The quantitative estimate of drug-likeness (QED) is 0.717. The van der Waals surface area contributed by atoms with Gasteiger partial charge < -0.3 is 9.67 Å².